The standard InChI is InChI=1S/C13H20N2O3S/c1-3-4-5-10(7-18-2)15-13(17)11-6-9(8-19-11)12(14)16/h6,8,10H,3-5,7H2,1-2H3,(H2,14,16)(H,15,17)/t10-/m1/s1. The molecule has 0 saturated heterocycles. The first-order valence-corrected chi connectivity index (χ1v) is 7.14. The minimum absolute atomic E-state index is 0.00317. The monoisotopic (exact) mass is 284 g/mol. The Hall–Kier alpha value is -1.40. The lowest BCUT2D eigenvalue weighted by molar-refractivity contribution is 0.0894. The maximum atomic E-state index is 12.0. The summed E-state index contributed by atoms with van der Waals surface area (Å²) in [6, 6.07) is 1.52. The van der Waals surface area contributed by atoms with Crippen LogP contribution in [0.2, 0.25) is 0 Å². The first kappa shape index (κ1) is 15.7. The van der Waals surface area contributed by atoms with Gasteiger partial charge in [0, 0.05) is 12.5 Å². The van der Waals surface area contributed by atoms with E-state index < -0.39 is 5.91 Å². The van der Waals surface area contributed by atoms with Crippen LogP contribution in [0.4, 0.5) is 0 Å². The van der Waals surface area contributed by atoms with Crippen LogP contribution in [0.1, 0.15) is 46.2 Å². The largest absolute Gasteiger partial charge is 0.383 e. The van der Waals surface area contributed by atoms with Crippen molar-refractivity contribution in [1.82, 2.24) is 5.32 Å². The number of ether oxygens (including phenoxy) is 1. The molecule has 1 aromatic heterocycles. The molecule has 0 bridgehead atoms. The third-order valence-electron chi connectivity index (χ3n) is 2.72. The maximum absolute atomic E-state index is 12.0. The Morgan fingerprint density at radius 2 is 2.26 bits per heavy atom. The number of carbonyl (C=O) groups excluding carboxylic acids is 2. The number of carbonyl (C=O) groups is 2. The molecule has 2 amide bonds. The molecule has 3 N–H and O–H groups in total. The van der Waals surface area contributed by atoms with Crippen molar-refractivity contribution in [2.24, 2.45) is 5.73 Å². The van der Waals surface area contributed by atoms with Crippen LogP contribution in [-0.2, 0) is 4.74 Å². The highest BCUT2D eigenvalue weighted by molar-refractivity contribution is 7.12. The molecule has 0 aliphatic rings. The summed E-state index contributed by atoms with van der Waals surface area (Å²) in [5.41, 5.74) is 5.53. The molecule has 0 radical (unpaired) electrons. The summed E-state index contributed by atoms with van der Waals surface area (Å²) in [4.78, 5) is 23.5. The first-order chi connectivity index (χ1) is 9.08. The SMILES string of the molecule is CCCC[C@H](COC)NC(=O)c1cc(C(N)=O)cs1. The Morgan fingerprint density at radius 3 is 2.79 bits per heavy atom. The van der Waals surface area contributed by atoms with Crippen LogP contribution in [0.15, 0.2) is 11.4 Å². The van der Waals surface area contributed by atoms with Gasteiger partial charge in [-0.3, -0.25) is 9.59 Å². The Labute approximate surface area is 117 Å². The Kier molecular flexibility index (Phi) is 6.52. The quantitative estimate of drug-likeness (QED) is 0.763. The van der Waals surface area contributed by atoms with E-state index >= 15 is 0 Å². The first-order valence-electron chi connectivity index (χ1n) is 6.26. The number of primary amides is 1. The van der Waals surface area contributed by atoms with E-state index in [9.17, 15) is 9.59 Å². The molecule has 5 nitrogen and oxygen atoms in total. The van der Waals surface area contributed by atoms with Crippen LogP contribution in [0.25, 0.3) is 0 Å². The van der Waals surface area contributed by atoms with Gasteiger partial charge in [0.1, 0.15) is 0 Å². The van der Waals surface area contributed by atoms with Crippen molar-refractivity contribution in [3.05, 3.63) is 21.9 Å². The van der Waals surface area contributed by atoms with E-state index in [0.717, 1.165) is 19.3 Å². The number of hydrogen-bond acceptors (Lipinski definition) is 4. The number of hydrogen-bond donors (Lipinski definition) is 2. The van der Waals surface area contributed by atoms with Gasteiger partial charge in [-0.25, -0.2) is 0 Å². The molecule has 0 aliphatic heterocycles. The van der Waals surface area contributed by atoms with Crippen molar-refractivity contribution in [2.75, 3.05) is 13.7 Å². The van der Waals surface area contributed by atoms with Crippen molar-refractivity contribution in [1.29, 1.82) is 0 Å². The molecular formula is C13H20N2O3S. The van der Waals surface area contributed by atoms with Crippen molar-refractivity contribution in [2.45, 2.75) is 32.2 Å². The smallest absolute Gasteiger partial charge is 0.261 e. The van der Waals surface area contributed by atoms with Crippen LogP contribution in [0, 0.1) is 0 Å². The molecule has 1 rings (SSSR count). The van der Waals surface area contributed by atoms with Crippen LogP contribution in [-0.4, -0.2) is 31.6 Å². The van der Waals surface area contributed by atoms with E-state index in [0.29, 0.717) is 17.0 Å². The average Bonchev–Trinajstić information content (AvgIpc) is 2.86. The van der Waals surface area contributed by atoms with Gasteiger partial charge >= 0.3 is 0 Å². The predicted molar refractivity (Wildman–Crippen MR) is 75.5 cm³/mol. The molecule has 0 unspecified atom stereocenters. The lowest BCUT2D eigenvalue weighted by atomic mass is 10.1. The average molecular weight is 284 g/mol. The summed E-state index contributed by atoms with van der Waals surface area (Å²) in [6.45, 7) is 2.59. The van der Waals surface area contributed by atoms with Crippen LogP contribution in [0.3, 0.4) is 0 Å². The van der Waals surface area contributed by atoms with E-state index in [1.807, 2.05) is 0 Å². The number of unbranched alkanes of at least 4 members (excludes halogenated alkanes) is 1. The zero-order valence-corrected chi connectivity index (χ0v) is 12.1. The summed E-state index contributed by atoms with van der Waals surface area (Å²) < 4.78 is 5.10. The van der Waals surface area contributed by atoms with Gasteiger partial charge in [0.2, 0.25) is 5.91 Å². The molecule has 106 valence electrons. The molecule has 19 heavy (non-hydrogen) atoms. The lowest BCUT2D eigenvalue weighted by Gasteiger charge is -2.17. The molecule has 1 aromatic rings. The number of thiophene rings is 1. The highest BCUT2D eigenvalue weighted by Gasteiger charge is 2.16. The minimum Gasteiger partial charge on any atom is -0.383 e. The molecule has 0 spiro atoms. The van der Waals surface area contributed by atoms with E-state index in [-0.39, 0.29) is 11.9 Å². The van der Waals surface area contributed by atoms with Gasteiger partial charge in [-0.05, 0) is 12.5 Å². The second-order valence-electron chi connectivity index (χ2n) is 4.33. The van der Waals surface area contributed by atoms with Crippen molar-refractivity contribution >= 4 is 23.2 Å². The van der Waals surface area contributed by atoms with Gasteiger partial charge < -0.3 is 15.8 Å². The van der Waals surface area contributed by atoms with Crippen LogP contribution >= 0.6 is 11.3 Å². The highest BCUT2D eigenvalue weighted by atomic mass is 32.1. The Bertz CT molecular complexity index is 431. The van der Waals surface area contributed by atoms with Gasteiger partial charge in [0.15, 0.2) is 0 Å². The highest BCUT2D eigenvalue weighted by Crippen LogP contribution is 2.14. The molecule has 0 saturated carbocycles. The predicted octanol–water partition coefficient (Wildman–Crippen LogP) is 1.78. The number of amides is 2. The molecular weight excluding hydrogens is 264 g/mol. The summed E-state index contributed by atoms with van der Waals surface area (Å²) in [6.07, 6.45) is 2.98. The fourth-order valence-corrected chi connectivity index (χ4v) is 2.49. The van der Waals surface area contributed by atoms with Gasteiger partial charge in [0.25, 0.3) is 5.91 Å². The summed E-state index contributed by atoms with van der Waals surface area (Å²) >= 11 is 1.22. The number of nitrogens with two attached hydrogens (primary N) is 1. The normalized spacial score (nSPS) is 12.1. The van der Waals surface area contributed by atoms with Crippen molar-refractivity contribution in [3.63, 3.8) is 0 Å². The lowest BCUT2D eigenvalue weighted by Crippen LogP contribution is -2.37. The zero-order chi connectivity index (χ0) is 14.3. The van der Waals surface area contributed by atoms with E-state index in [1.54, 1.807) is 12.5 Å². The maximum Gasteiger partial charge on any atom is 0.261 e. The minimum atomic E-state index is -0.519. The topological polar surface area (TPSA) is 81.4 Å². The summed E-state index contributed by atoms with van der Waals surface area (Å²) in [5.74, 6) is -0.703. The van der Waals surface area contributed by atoms with E-state index in [2.05, 4.69) is 12.2 Å². The summed E-state index contributed by atoms with van der Waals surface area (Å²) in [5, 5.41) is 4.51. The molecule has 0 aromatic carbocycles. The Balaban J connectivity index is 2.61. The van der Waals surface area contributed by atoms with Crippen molar-refractivity contribution < 1.29 is 14.3 Å². The molecule has 1 heterocycles. The number of methoxy groups -OCH3 is 1. The second-order valence-corrected chi connectivity index (χ2v) is 5.24. The van der Waals surface area contributed by atoms with Crippen LogP contribution < -0.4 is 11.1 Å². The van der Waals surface area contributed by atoms with E-state index in [1.165, 1.54) is 17.4 Å². The van der Waals surface area contributed by atoms with E-state index in [4.69, 9.17) is 10.5 Å². The molecule has 0 fully saturated rings. The summed E-state index contributed by atoms with van der Waals surface area (Å²) in [7, 11) is 1.61. The van der Waals surface area contributed by atoms with Crippen molar-refractivity contribution in [3.8, 4) is 0 Å². The number of rotatable bonds is 8. The third kappa shape index (κ3) is 5.00. The Morgan fingerprint density at radius 1 is 1.53 bits per heavy atom. The third-order valence-corrected chi connectivity index (χ3v) is 3.65. The molecule has 1 atom stereocenters. The van der Waals surface area contributed by atoms with Gasteiger partial charge in [-0.15, -0.1) is 11.3 Å². The fourth-order valence-electron chi connectivity index (χ4n) is 1.69. The second kappa shape index (κ2) is 7.91. The van der Waals surface area contributed by atoms with Gasteiger partial charge in [-0.2, -0.15) is 0 Å². The number of nitrogens with one attached hydrogen (secondary N) is 1. The van der Waals surface area contributed by atoms with Gasteiger partial charge in [0.05, 0.1) is 23.1 Å². The van der Waals surface area contributed by atoms with Gasteiger partial charge in [-0.1, -0.05) is 19.8 Å². The molecule has 0 aliphatic carbocycles. The van der Waals surface area contributed by atoms with Crippen LogP contribution in [0.5, 0.6) is 0 Å². The zero-order valence-electron chi connectivity index (χ0n) is 11.3. The molecule has 6 heteroatoms. The fraction of sp³-hybridized carbons (Fsp3) is 0.538.